The van der Waals surface area contributed by atoms with Crippen molar-refractivity contribution in [2.45, 2.75) is 0 Å². The molecular weight excluding hydrogens is 1690 g/mol. The number of para-hydroxylation sites is 4. The molecule has 26 rings (SSSR count). The van der Waals surface area contributed by atoms with Gasteiger partial charge in [0.2, 0.25) is 0 Å². The molecule has 7 aromatic heterocycles. The van der Waals surface area contributed by atoms with E-state index in [9.17, 15) is 0 Å². The lowest BCUT2D eigenvalue weighted by Crippen LogP contribution is -2.02. The first kappa shape index (κ1) is 80.5. The van der Waals surface area contributed by atoms with Crippen LogP contribution in [-0.4, -0.2) is 44.0 Å². The van der Waals surface area contributed by atoms with Crippen LogP contribution in [0.3, 0.4) is 0 Å². The maximum atomic E-state index is 5.40. The predicted molar refractivity (Wildman–Crippen MR) is 568 cm³/mol. The molecule has 0 fully saturated rings. The molecule has 0 aliphatic heterocycles. The van der Waals surface area contributed by atoms with E-state index in [1.165, 1.54) is 95.1 Å². The van der Waals surface area contributed by atoms with E-state index < -0.39 is 0 Å². The van der Waals surface area contributed by atoms with Crippen molar-refractivity contribution < 1.29 is 0 Å². The maximum Gasteiger partial charge on any atom is 0.166 e. The van der Waals surface area contributed by atoms with E-state index in [2.05, 4.69) is 385 Å². The highest BCUT2D eigenvalue weighted by Crippen LogP contribution is 2.51. The van der Waals surface area contributed by atoms with Crippen LogP contribution in [0.15, 0.2) is 479 Å². The van der Waals surface area contributed by atoms with Gasteiger partial charge in [0.25, 0.3) is 0 Å². The molecule has 0 aliphatic carbocycles. The van der Waals surface area contributed by atoms with Crippen molar-refractivity contribution in [2.75, 3.05) is 0 Å². The molecule has 0 spiro atoms. The Balaban J connectivity index is 0.000000145. The van der Waals surface area contributed by atoms with E-state index >= 15 is 0 Å². The number of hydrogen-bond acceptors (Lipinski definition) is 9. The lowest BCUT2D eigenvalue weighted by atomic mass is 9.90. The van der Waals surface area contributed by atoms with E-state index in [1.54, 1.807) is 0 Å². The molecule has 0 saturated carbocycles. The third-order valence-corrected chi connectivity index (χ3v) is 28.2. The molecule has 0 bridgehead atoms. The standard InChI is InChI=1S/C63H40N4S.C62H39N5S/c1-6-19-41(20-7-1)46-37-47(42-21-8-2-9-22-42)39-48(38-46)45-33-34-50(54(40-45)63-65-61(43-23-10-3-11-24-43)64-62(66-63)44-25-12-4-13-26-44)51-30-18-31-53-59-57(68-60(51)53)36-35-56-58(59)52-29-16-17-32-55(52)67(56)49-27-14-5-15-28-49;1-6-18-40(19-7-1)45-34-46(41-20-8-2-9-21-41)36-47(35-45)48-37-52(62-65-60(42-22-10-3-11-23-42)64-61(66-62)43-24-12-4-13-25-43)59(63-39-48)44-30-31-51-56(38-44)68-55-33-32-54-57(58(51)55)50-28-16-17-29-53(50)67(54)49-26-14-5-15-27-49/h1-40H;1-39H. The first-order valence-corrected chi connectivity index (χ1v) is 47.3. The fourth-order valence-corrected chi connectivity index (χ4v) is 21.9. The topological polar surface area (TPSA) is 100 Å². The molecule has 636 valence electrons. The minimum atomic E-state index is 0.552. The second-order valence-electron chi connectivity index (χ2n) is 34.2. The van der Waals surface area contributed by atoms with Gasteiger partial charge in [-0.15, -0.1) is 22.7 Å². The number of benzene rings is 19. The number of thiophene rings is 2. The SMILES string of the molecule is c1ccc(-c2cc(-c3ccccc3)cc(-c3ccc(-c4cccc5c4sc4ccc6c(c7ccccc7n6-c6ccccc6)c45)c(-c4nc(-c5ccccc5)nc(-c5ccccc5)n4)c3)c2)cc1.c1ccc(-c2cc(-c3ccccc3)cc(-c3cnc(-c4ccc5c(c4)sc4ccc6c(c7ccccc7n6-c6ccccc6)c45)c(-c4nc(-c5ccccc5)nc(-c5ccccc5)n4)c3)c2)cc1. The first-order chi connectivity index (χ1) is 67.4. The molecule has 0 aliphatic rings. The molecular formula is C125H79N9S2. The molecule has 26 aromatic rings. The van der Waals surface area contributed by atoms with Crippen molar-refractivity contribution in [1.82, 2.24) is 44.0 Å². The molecule has 0 radical (unpaired) electrons. The average molecular weight is 1770 g/mol. The van der Waals surface area contributed by atoms with E-state index in [4.69, 9.17) is 34.9 Å². The Bertz CT molecular complexity index is 8820. The Morgan fingerprint density at radius 1 is 0.169 bits per heavy atom. The minimum absolute atomic E-state index is 0.552. The van der Waals surface area contributed by atoms with Crippen LogP contribution in [0.2, 0.25) is 0 Å². The molecule has 7 heterocycles. The van der Waals surface area contributed by atoms with Gasteiger partial charge in [0.15, 0.2) is 34.9 Å². The second-order valence-corrected chi connectivity index (χ2v) is 36.3. The summed E-state index contributed by atoms with van der Waals surface area (Å²) in [6.45, 7) is 0. The van der Waals surface area contributed by atoms with Gasteiger partial charge in [-0.25, -0.2) is 29.9 Å². The third kappa shape index (κ3) is 14.8. The molecule has 0 unspecified atom stereocenters. The van der Waals surface area contributed by atoms with Gasteiger partial charge in [-0.2, -0.15) is 0 Å². The number of nitrogens with zero attached hydrogens (tertiary/aromatic N) is 9. The molecule has 136 heavy (non-hydrogen) atoms. The van der Waals surface area contributed by atoms with Gasteiger partial charge >= 0.3 is 0 Å². The molecule has 11 heteroatoms. The van der Waals surface area contributed by atoms with Crippen LogP contribution in [0, 0.1) is 0 Å². The number of rotatable bonds is 16. The third-order valence-electron chi connectivity index (χ3n) is 25.9. The minimum Gasteiger partial charge on any atom is -0.309 e. The summed E-state index contributed by atoms with van der Waals surface area (Å²) in [5, 5.41) is 10.0. The Hall–Kier alpha value is -17.6. The van der Waals surface area contributed by atoms with Crippen molar-refractivity contribution in [3.05, 3.63) is 479 Å². The summed E-state index contributed by atoms with van der Waals surface area (Å²) in [6, 6.07) is 168. The quantitative estimate of drug-likeness (QED) is 0.0950. The van der Waals surface area contributed by atoms with Crippen molar-refractivity contribution in [3.63, 3.8) is 0 Å². The fraction of sp³-hybridized carbons (Fsp3) is 0. The highest BCUT2D eigenvalue weighted by molar-refractivity contribution is 7.26. The molecule has 0 amide bonds. The molecule has 0 N–H and O–H groups in total. The predicted octanol–water partition coefficient (Wildman–Crippen LogP) is 33.4. The van der Waals surface area contributed by atoms with E-state index in [-0.39, 0.29) is 0 Å². The van der Waals surface area contributed by atoms with Crippen LogP contribution in [0.1, 0.15) is 0 Å². The number of aromatic nitrogens is 9. The molecule has 0 atom stereocenters. The van der Waals surface area contributed by atoms with E-state index in [1.807, 2.05) is 126 Å². The molecule has 19 aromatic carbocycles. The molecule has 9 nitrogen and oxygen atoms in total. The van der Waals surface area contributed by atoms with Gasteiger partial charge in [-0.1, -0.05) is 358 Å². The smallest absolute Gasteiger partial charge is 0.166 e. The van der Waals surface area contributed by atoms with Gasteiger partial charge in [-0.3, -0.25) is 4.98 Å². The summed E-state index contributed by atoms with van der Waals surface area (Å²) in [5.74, 6) is 3.62. The van der Waals surface area contributed by atoms with E-state index in [0.717, 1.165) is 123 Å². The maximum absolute atomic E-state index is 5.40. The van der Waals surface area contributed by atoms with Gasteiger partial charge in [0, 0.05) is 130 Å². The monoisotopic (exact) mass is 1770 g/mol. The van der Waals surface area contributed by atoms with Crippen LogP contribution < -0.4 is 0 Å². The summed E-state index contributed by atoms with van der Waals surface area (Å²) >= 11 is 3.67. The van der Waals surface area contributed by atoms with Crippen molar-refractivity contribution >= 4 is 107 Å². The lowest BCUT2D eigenvalue weighted by molar-refractivity contribution is 1.07. The summed E-state index contributed by atoms with van der Waals surface area (Å²) in [6.07, 6.45) is 2.01. The second kappa shape index (κ2) is 34.6. The summed E-state index contributed by atoms with van der Waals surface area (Å²) in [7, 11) is 0. The lowest BCUT2D eigenvalue weighted by Gasteiger charge is -2.16. The molecule has 0 saturated heterocycles. The van der Waals surface area contributed by atoms with Gasteiger partial charge in [0.05, 0.1) is 27.8 Å². The van der Waals surface area contributed by atoms with Gasteiger partial charge in [0.1, 0.15) is 0 Å². The number of pyridine rings is 1. The Labute approximate surface area is 793 Å². The number of fused-ring (bicyclic) bond motifs is 14. The zero-order valence-electron chi connectivity index (χ0n) is 73.5. The first-order valence-electron chi connectivity index (χ1n) is 45.7. The largest absolute Gasteiger partial charge is 0.309 e. The average Bonchev–Trinajstić information content (AvgIpc) is 1.57. The zero-order chi connectivity index (χ0) is 89.9. The van der Waals surface area contributed by atoms with Crippen LogP contribution in [-0.2, 0) is 0 Å². The normalized spacial score (nSPS) is 11.5. The fourth-order valence-electron chi connectivity index (χ4n) is 19.5. The van der Waals surface area contributed by atoms with Crippen LogP contribution in [0.25, 0.3) is 253 Å². The summed E-state index contributed by atoms with van der Waals surface area (Å²) < 4.78 is 9.69. The van der Waals surface area contributed by atoms with Crippen LogP contribution in [0.5, 0.6) is 0 Å². The van der Waals surface area contributed by atoms with Crippen LogP contribution in [0.4, 0.5) is 0 Å². The van der Waals surface area contributed by atoms with Crippen LogP contribution >= 0.6 is 22.7 Å². The highest BCUT2D eigenvalue weighted by atomic mass is 32.1. The zero-order valence-corrected chi connectivity index (χ0v) is 75.1. The van der Waals surface area contributed by atoms with Crippen molar-refractivity contribution in [3.8, 4) is 169 Å². The van der Waals surface area contributed by atoms with E-state index in [0.29, 0.717) is 34.9 Å². The number of hydrogen-bond donors (Lipinski definition) is 0. The van der Waals surface area contributed by atoms with Gasteiger partial charge < -0.3 is 9.13 Å². The van der Waals surface area contributed by atoms with Gasteiger partial charge in [-0.05, 0) is 182 Å². The Morgan fingerprint density at radius 2 is 0.507 bits per heavy atom. The van der Waals surface area contributed by atoms with Crippen molar-refractivity contribution in [1.29, 1.82) is 0 Å². The van der Waals surface area contributed by atoms with Crippen molar-refractivity contribution in [2.24, 2.45) is 0 Å². The Morgan fingerprint density at radius 3 is 0.941 bits per heavy atom. The summed E-state index contributed by atoms with van der Waals surface area (Å²) in [5.41, 5.74) is 29.8. The summed E-state index contributed by atoms with van der Waals surface area (Å²) in [4.78, 5) is 36.8. The Kier molecular flexibility index (Phi) is 20.5. The highest BCUT2D eigenvalue weighted by Gasteiger charge is 2.27.